The van der Waals surface area contributed by atoms with E-state index in [0.717, 1.165) is 19.3 Å². The molecule has 158 valence electrons. The lowest BCUT2D eigenvalue weighted by molar-refractivity contribution is -0.138. The first-order chi connectivity index (χ1) is 13.4. The van der Waals surface area contributed by atoms with E-state index in [1.165, 1.54) is 0 Å². The first-order valence-electron chi connectivity index (χ1n) is 9.98. The lowest BCUT2D eigenvalue weighted by Crippen LogP contribution is -2.26. The molecule has 0 aromatic heterocycles. The summed E-state index contributed by atoms with van der Waals surface area (Å²) >= 11 is 0. The number of aliphatic hydroxyl groups excluding tert-OH is 3. The van der Waals surface area contributed by atoms with Gasteiger partial charge >= 0.3 is 5.97 Å². The Morgan fingerprint density at radius 1 is 1.11 bits per heavy atom. The Bertz CT molecular complexity index is 551. The van der Waals surface area contributed by atoms with Crippen molar-refractivity contribution in [1.29, 1.82) is 0 Å². The second-order valence-corrected chi connectivity index (χ2v) is 6.92. The summed E-state index contributed by atoms with van der Waals surface area (Å²) in [6, 6.07) is 0. The van der Waals surface area contributed by atoms with Crippen molar-refractivity contribution < 1.29 is 30.0 Å². The first-order valence-corrected chi connectivity index (χ1v) is 9.98. The zero-order valence-corrected chi connectivity index (χ0v) is 16.6. The van der Waals surface area contributed by atoms with Crippen molar-refractivity contribution in [3.63, 3.8) is 0 Å². The smallest absolute Gasteiger partial charge is 0.303 e. The fraction of sp³-hybridized carbons (Fsp3) is 0.591. The summed E-state index contributed by atoms with van der Waals surface area (Å²) in [7, 11) is 0. The summed E-state index contributed by atoms with van der Waals surface area (Å²) in [4.78, 5) is 10.6. The molecule has 1 aliphatic rings. The third kappa shape index (κ3) is 10.6. The number of hydrogen-bond acceptors (Lipinski definition) is 5. The number of aliphatic hydroxyl groups is 3. The molecule has 1 rings (SSSR count). The van der Waals surface area contributed by atoms with E-state index in [4.69, 9.17) is 9.84 Å². The van der Waals surface area contributed by atoms with Crippen LogP contribution in [-0.4, -0.2) is 56.9 Å². The van der Waals surface area contributed by atoms with Crippen LogP contribution in [0.2, 0.25) is 0 Å². The molecule has 4 N–H and O–H groups in total. The van der Waals surface area contributed by atoms with Gasteiger partial charge in [-0.1, -0.05) is 55.5 Å². The molecule has 0 aliphatic carbocycles. The molecule has 0 spiro atoms. The van der Waals surface area contributed by atoms with Crippen LogP contribution < -0.4 is 0 Å². The van der Waals surface area contributed by atoms with Crippen LogP contribution >= 0.6 is 0 Å². The quantitative estimate of drug-likeness (QED) is 0.358. The third-order valence-corrected chi connectivity index (χ3v) is 4.45. The maximum Gasteiger partial charge on any atom is 0.303 e. The zero-order chi connectivity index (χ0) is 20.8. The highest BCUT2D eigenvalue weighted by Crippen LogP contribution is 2.25. The SMILES string of the molecule is CC/C=C\C/C=C\C/C=C\C[C@H](O)/C=C/[C@@H]1O[C@H]([C@@H](O)CCC(=O)O)C[C@H]1O. The van der Waals surface area contributed by atoms with Crippen molar-refractivity contribution in [2.75, 3.05) is 0 Å². The number of rotatable bonds is 13. The van der Waals surface area contributed by atoms with Gasteiger partial charge in [0.1, 0.15) is 6.10 Å². The maximum absolute atomic E-state index is 10.6. The molecule has 6 nitrogen and oxygen atoms in total. The number of carbonyl (C=O) groups is 1. The largest absolute Gasteiger partial charge is 0.481 e. The molecule has 0 amide bonds. The normalized spacial score (nSPS) is 25.5. The number of aliphatic carboxylic acids is 1. The Balaban J connectivity index is 2.29. The van der Waals surface area contributed by atoms with E-state index in [-0.39, 0.29) is 19.3 Å². The summed E-state index contributed by atoms with van der Waals surface area (Å²) in [5.74, 6) is -0.978. The first kappa shape index (κ1) is 24.3. The minimum atomic E-state index is -0.978. The van der Waals surface area contributed by atoms with E-state index in [9.17, 15) is 20.1 Å². The summed E-state index contributed by atoms with van der Waals surface area (Å²) in [6.07, 6.45) is 15.4. The van der Waals surface area contributed by atoms with Gasteiger partial charge in [0.15, 0.2) is 0 Å². The molecule has 0 aromatic rings. The van der Waals surface area contributed by atoms with Crippen molar-refractivity contribution >= 4 is 5.97 Å². The number of ether oxygens (including phenoxy) is 1. The van der Waals surface area contributed by atoms with Gasteiger partial charge in [-0.15, -0.1) is 0 Å². The summed E-state index contributed by atoms with van der Waals surface area (Å²) in [5, 5.41) is 38.7. The van der Waals surface area contributed by atoms with Crippen molar-refractivity contribution in [2.45, 2.75) is 82.4 Å². The average molecular weight is 395 g/mol. The Labute approximate surface area is 167 Å². The van der Waals surface area contributed by atoms with Crippen LogP contribution in [0.5, 0.6) is 0 Å². The highest BCUT2D eigenvalue weighted by molar-refractivity contribution is 5.66. The van der Waals surface area contributed by atoms with Gasteiger partial charge in [-0.25, -0.2) is 0 Å². The molecule has 1 fully saturated rings. The van der Waals surface area contributed by atoms with Gasteiger partial charge in [0.2, 0.25) is 0 Å². The number of allylic oxidation sites excluding steroid dienone is 5. The molecule has 28 heavy (non-hydrogen) atoms. The molecule has 0 aromatic carbocycles. The fourth-order valence-corrected chi connectivity index (χ4v) is 2.86. The zero-order valence-electron chi connectivity index (χ0n) is 16.6. The van der Waals surface area contributed by atoms with Gasteiger partial charge < -0.3 is 25.2 Å². The van der Waals surface area contributed by atoms with Crippen LogP contribution in [0, 0.1) is 0 Å². The van der Waals surface area contributed by atoms with E-state index in [0.29, 0.717) is 6.42 Å². The molecule has 0 unspecified atom stereocenters. The van der Waals surface area contributed by atoms with Crippen LogP contribution in [0.25, 0.3) is 0 Å². The number of hydrogen-bond donors (Lipinski definition) is 4. The summed E-state index contributed by atoms with van der Waals surface area (Å²) < 4.78 is 5.59. The standard InChI is InChI=1S/C22H34O6/c1-2-3-4-5-6-7-8-9-10-11-17(23)12-14-20-19(25)16-21(28-20)18(24)13-15-22(26)27/h3-4,6-7,9-10,12,14,17-21,23-25H,2,5,8,11,13,15-16H2,1H3,(H,26,27)/b4-3-,7-6-,10-9-,14-12+/t17-,18-,19+,20-,21-/m0/s1. The Morgan fingerprint density at radius 2 is 1.75 bits per heavy atom. The van der Waals surface area contributed by atoms with Crippen LogP contribution in [0.1, 0.15) is 51.9 Å². The molecule has 0 saturated carbocycles. The molecular weight excluding hydrogens is 360 g/mol. The van der Waals surface area contributed by atoms with E-state index >= 15 is 0 Å². The lowest BCUT2D eigenvalue weighted by Gasteiger charge is -2.17. The van der Waals surface area contributed by atoms with Crippen molar-refractivity contribution in [3.8, 4) is 0 Å². The van der Waals surface area contributed by atoms with E-state index in [1.54, 1.807) is 12.2 Å². The molecule has 0 bridgehead atoms. The predicted molar refractivity (Wildman–Crippen MR) is 109 cm³/mol. The number of carboxylic acids is 1. The average Bonchev–Trinajstić information content (AvgIpc) is 3.04. The van der Waals surface area contributed by atoms with E-state index in [2.05, 4.69) is 31.2 Å². The summed E-state index contributed by atoms with van der Waals surface area (Å²) in [6.45, 7) is 2.10. The molecule has 1 saturated heterocycles. The Morgan fingerprint density at radius 3 is 2.39 bits per heavy atom. The fourth-order valence-electron chi connectivity index (χ4n) is 2.86. The molecule has 6 heteroatoms. The highest BCUT2D eigenvalue weighted by Gasteiger charge is 2.36. The van der Waals surface area contributed by atoms with Crippen molar-refractivity contribution in [2.24, 2.45) is 0 Å². The number of carboxylic acid groups (broad SMARTS) is 1. The predicted octanol–water partition coefficient (Wildman–Crippen LogP) is 2.90. The third-order valence-electron chi connectivity index (χ3n) is 4.45. The summed E-state index contributed by atoms with van der Waals surface area (Å²) in [5.41, 5.74) is 0. The van der Waals surface area contributed by atoms with Crippen molar-refractivity contribution in [1.82, 2.24) is 0 Å². The minimum Gasteiger partial charge on any atom is -0.481 e. The molecule has 0 radical (unpaired) electrons. The second-order valence-electron chi connectivity index (χ2n) is 6.92. The van der Waals surface area contributed by atoms with Crippen LogP contribution in [-0.2, 0) is 9.53 Å². The van der Waals surface area contributed by atoms with Crippen LogP contribution in [0.4, 0.5) is 0 Å². The van der Waals surface area contributed by atoms with Gasteiger partial charge in [-0.3, -0.25) is 4.79 Å². The maximum atomic E-state index is 10.6. The van der Waals surface area contributed by atoms with Crippen LogP contribution in [0.3, 0.4) is 0 Å². The van der Waals surface area contributed by atoms with E-state index < -0.39 is 36.5 Å². The van der Waals surface area contributed by atoms with Gasteiger partial charge in [-0.2, -0.15) is 0 Å². The van der Waals surface area contributed by atoms with Gasteiger partial charge in [-0.05, 0) is 32.1 Å². The molecule has 1 aliphatic heterocycles. The van der Waals surface area contributed by atoms with Crippen LogP contribution in [0.15, 0.2) is 48.6 Å². The highest BCUT2D eigenvalue weighted by atomic mass is 16.5. The molecule has 1 heterocycles. The molecule has 5 atom stereocenters. The second kappa shape index (κ2) is 14.3. The topological polar surface area (TPSA) is 107 Å². The van der Waals surface area contributed by atoms with Gasteiger partial charge in [0, 0.05) is 12.8 Å². The minimum absolute atomic E-state index is 0.0832. The Kier molecular flexibility index (Phi) is 12.4. The van der Waals surface area contributed by atoms with Crippen molar-refractivity contribution in [3.05, 3.63) is 48.6 Å². The Hall–Kier alpha value is -1.73. The lowest BCUT2D eigenvalue weighted by atomic mass is 10.0. The monoisotopic (exact) mass is 394 g/mol. The van der Waals surface area contributed by atoms with E-state index in [1.807, 2.05) is 12.2 Å². The van der Waals surface area contributed by atoms with Gasteiger partial charge in [0.05, 0.1) is 24.4 Å². The molecular formula is C22H34O6. The van der Waals surface area contributed by atoms with Gasteiger partial charge in [0.25, 0.3) is 0 Å².